The highest BCUT2D eigenvalue weighted by Gasteiger charge is 2.34. The highest BCUT2D eigenvalue weighted by atomic mass is 16.5. The van der Waals surface area contributed by atoms with Gasteiger partial charge in [-0.2, -0.15) is 0 Å². The molecule has 0 aromatic carbocycles. The van der Waals surface area contributed by atoms with E-state index in [-0.39, 0.29) is 12.0 Å². The fourth-order valence-corrected chi connectivity index (χ4v) is 2.49. The predicted molar refractivity (Wildman–Crippen MR) is 84.9 cm³/mol. The molecule has 0 aliphatic heterocycles. The summed E-state index contributed by atoms with van der Waals surface area (Å²) < 4.78 is 4.94. The maximum absolute atomic E-state index is 12.0. The van der Waals surface area contributed by atoms with Crippen LogP contribution in [0.5, 0.6) is 0 Å². The van der Waals surface area contributed by atoms with Crippen LogP contribution in [0.1, 0.15) is 54.4 Å². The van der Waals surface area contributed by atoms with Crippen molar-refractivity contribution in [3.05, 3.63) is 0 Å². The highest BCUT2D eigenvalue weighted by Crippen LogP contribution is 2.17. The van der Waals surface area contributed by atoms with Crippen LogP contribution >= 0.6 is 0 Å². The summed E-state index contributed by atoms with van der Waals surface area (Å²) in [6.45, 7) is 13.7. The van der Waals surface area contributed by atoms with E-state index in [4.69, 9.17) is 4.74 Å². The number of hydrogen-bond acceptors (Lipinski definition) is 4. The van der Waals surface area contributed by atoms with Gasteiger partial charge in [-0.1, -0.05) is 13.8 Å². The fraction of sp³-hybridized carbons (Fsp3) is 0.938. The van der Waals surface area contributed by atoms with Crippen molar-refractivity contribution < 1.29 is 9.53 Å². The minimum Gasteiger partial charge on any atom is -0.468 e. The number of carbonyl (C=O) groups is 1. The van der Waals surface area contributed by atoms with Crippen molar-refractivity contribution in [1.29, 1.82) is 0 Å². The predicted octanol–water partition coefficient (Wildman–Crippen LogP) is 2.67. The van der Waals surface area contributed by atoms with Crippen molar-refractivity contribution in [3.8, 4) is 0 Å². The van der Waals surface area contributed by atoms with Crippen LogP contribution in [0.15, 0.2) is 0 Å². The number of carbonyl (C=O) groups excluding carboxylic acids is 1. The van der Waals surface area contributed by atoms with E-state index in [2.05, 4.69) is 38.0 Å². The van der Waals surface area contributed by atoms with Gasteiger partial charge < -0.3 is 9.64 Å². The first-order valence-electron chi connectivity index (χ1n) is 7.70. The van der Waals surface area contributed by atoms with Crippen molar-refractivity contribution in [2.75, 3.05) is 20.7 Å². The molecule has 0 radical (unpaired) electrons. The van der Waals surface area contributed by atoms with E-state index in [1.807, 2.05) is 20.8 Å². The van der Waals surface area contributed by atoms with Gasteiger partial charge in [0, 0.05) is 12.1 Å². The van der Waals surface area contributed by atoms with Crippen molar-refractivity contribution in [2.24, 2.45) is 5.92 Å². The second kappa shape index (κ2) is 8.63. The van der Waals surface area contributed by atoms with Gasteiger partial charge >= 0.3 is 5.97 Å². The maximum Gasteiger partial charge on any atom is 0.325 e. The third-order valence-corrected chi connectivity index (χ3v) is 4.09. The number of esters is 1. The Kier molecular flexibility index (Phi) is 8.36. The summed E-state index contributed by atoms with van der Waals surface area (Å²) in [4.78, 5) is 14.3. The summed E-state index contributed by atoms with van der Waals surface area (Å²) in [5.74, 6) is 0.464. The van der Waals surface area contributed by atoms with Gasteiger partial charge in [-0.15, -0.1) is 0 Å². The Morgan fingerprint density at radius 2 is 1.80 bits per heavy atom. The van der Waals surface area contributed by atoms with Crippen molar-refractivity contribution >= 4 is 5.97 Å². The number of ether oxygens (including phenoxy) is 1. The molecule has 0 rings (SSSR count). The van der Waals surface area contributed by atoms with Gasteiger partial charge in [0.05, 0.1) is 7.11 Å². The van der Waals surface area contributed by atoms with Crippen LogP contribution < -0.4 is 5.32 Å². The zero-order chi connectivity index (χ0) is 15.9. The summed E-state index contributed by atoms with van der Waals surface area (Å²) in [7, 11) is 3.60. The number of rotatable bonds is 9. The zero-order valence-corrected chi connectivity index (χ0v) is 14.6. The fourth-order valence-electron chi connectivity index (χ4n) is 2.49. The Hall–Kier alpha value is -0.610. The van der Waals surface area contributed by atoms with Gasteiger partial charge in [-0.05, 0) is 60.0 Å². The Bertz CT molecular complexity index is 292. The lowest BCUT2D eigenvalue weighted by atomic mass is 9.94. The molecule has 0 aliphatic rings. The second-order valence-corrected chi connectivity index (χ2v) is 6.69. The molecule has 0 aromatic heterocycles. The Labute approximate surface area is 125 Å². The molecular weight excluding hydrogens is 252 g/mol. The first-order valence-corrected chi connectivity index (χ1v) is 7.70. The van der Waals surface area contributed by atoms with Crippen molar-refractivity contribution in [2.45, 2.75) is 72.0 Å². The molecule has 1 N–H and O–H groups in total. The number of hydrogen-bond donors (Lipinski definition) is 1. The average molecular weight is 286 g/mol. The number of methoxy groups -OCH3 is 1. The molecule has 0 bridgehead atoms. The smallest absolute Gasteiger partial charge is 0.325 e. The van der Waals surface area contributed by atoms with Crippen LogP contribution in [0.3, 0.4) is 0 Å². The van der Waals surface area contributed by atoms with E-state index in [0.717, 1.165) is 19.4 Å². The lowest BCUT2D eigenvalue weighted by Gasteiger charge is -2.32. The van der Waals surface area contributed by atoms with E-state index in [0.29, 0.717) is 12.0 Å². The molecule has 0 saturated heterocycles. The zero-order valence-electron chi connectivity index (χ0n) is 14.6. The molecule has 0 aromatic rings. The normalized spacial score (nSPS) is 16.6. The van der Waals surface area contributed by atoms with Gasteiger partial charge in [0.25, 0.3) is 0 Å². The molecule has 20 heavy (non-hydrogen) atoms. The third-order valence-electron chi connectivity index (χ3n) is 4.09. The molecule has 2 atom stereocenters. The van der Waals surface area contributed by atoms with Gasteiger partial charge in [-0.3, -0.25) is 10.1 Å². The lowest BCUT2D eigenvalue weighted by molar-refractivity contribution is -0.148. The Morgan fingerprint density at radius 1 is 1.25 bits per heavy atom. The number of nitrogens with one attached hydrogen (secondary N) is 1. The summed E-state index contributed by atoms with van der Waals surface area (Å²) in [6, 6.07) is 0.809. The Balaban J connectivity index is 4.45. The first-order chi connectivity index (χ1) is 9.14. The molecule has 0 aliphatic carbocycles. The first kappa shape index (κ1) is 19.4. The van der Waals surface area contributed by atoms with Crippen LogP contribution in [-0.4, -0.2) is 49.2 Å². The quantitative estimate of drug-likeness (QED) is 0.662. The van der Waals surface area contributed by atoms with Crippen LogP contribution in [-0.2, 0) is 9.53 Å². The molecule has 4 nitrogen and oxygen atoms in total. The monoisotopic (exact) mass is 286 g/mol. The maximum atomic E-state index is 12.0. The van der Waals surface area contributed by atoms with E-state index in [9.17, 15) is 4.79 Å². The molecule has 0 saturated carbocycles. The van der Waals surface area contributed by atoms with Gasteiger partial charge in [0.1, 0.15) is 5.54 Å². The molecule has 0 heterocycles. The summed E-state index contributed by atoms with van der Waals surface area (Å²) in [5.41, 5.74) is -0.592. The van der Waals surface area contributed by atoms with Crippen molar-refractivity contribution in [3.63, 3.8) is 0 Å². The minimum atomic E-state index is -0.592. The van der Waals surface area contributed by atoms with Crippen LogP contribution in [0.2, 0.25) is 0 Å². The standard InChI is InChI=1S/C16H34N2O2/c1-12(2)14(5)18(7)11-9-10-16(6,15(19)20-8)17-13(3)4/h12-14,17H,9-11H2,1-8H3. The molecule has 4 heteroatoms. The van der Waals surface area contributed by atoms with Crippen LogP contribution in [0.25, 0.3) is 0 Å². The van der Waals surface area contributed by atoms with Gasteiger partial charge in [-0.25, -0.2) is 0 Å². The van der Waals surface area contributed by atoms with E-state index >= 15 is 0 Å². The number of nitrogens with zero attached hydrogens (tertiary/aromatic N) is 1. The van der Waals surface area contributed by atoms with Gasteiger partial charge in [0.2, 0.25) is 0 Å². The molecule has 0 fully saturated rings. The minimum absolute atomic E-state index is 0.175. The SMILES string of the molecule is COC(=O)C(C)(CCCN(C)C(C)C(C)C)NC(C)C. The Morgan fingerprint density at radius 3 is 2.20 bits per heavy atom. The lowest BCUT2D eigenvalue weighted by Crippen LogP contribution is -2.53. The molecule has 2 unspecified atom stereocenters. The molecule has 0 amide bonds. The molecule has 0 spiro atoms. The van der Waals surface area contributed by atoms with Crippen molar-refractivity contribution in [1.82, 2.24) is 10.2 Å². The highest BCUT2D eigenvalue weighted by molar-refractivity contribution is 5.80. The van der Waals surface area contributed by atoms with Crippen LogP contribution in [0, 0.1) is 5.92 Å². The largest absolute Gasteiger partial charge is 0.468 e. The second-order valence-electron chi connectivity index (χ2n) is 6.69. The van der Waals surface area contributed by atoms with E-state index < -0.39 is 5.54 Å². The molecule has 120 valence electrons. The average Bonchev–Trinajstić information content (AvgIpc) is 2.35. The van der Waals surface area contributed by atoms with Gasteiger partial charge in [0.15, 0.2) is 0 Å². The summed E-state index contributed by atoms with van der Waals surface area (Å²) in [6.07, 6.45) is 1.76. The molecular formula is C16H34N2O2. The van der Waals surface area contributed by atoms with Crippen LogP contribution in [0.4, 0.5) is 0 Å². The summed E-state index contributed by atoms with van der Waals surface area (Å²) in [5, 5.41) is 3.34. The van der Waals surface area contributed by atoms with E-state index in [1.165, 1.54) is 7.11 Å². The van der Waals surface area contributed by atoms with E-state index in [1.54, 1.807) is 0 Å². The topological polar surface area (TPSA) is 41.6 Å². The third kappa shape index (κ3) is 6.23. The summed E-state index contributed by atoms with van der Waals surface area (Å²) >= 11 is 0.